The minimum atomic E-state index is -0.679. The van der Waals surface area contributed by atoms with Gasteiger partial charge < -0.3 is 14.9 Å². The van der Waals surface area contributed by atoms with Gasteiger partial charge in [-0.15, -0.1) is 0 Å². The zero-order valence-electron chi connectivity index (χ0n) is 4.83. The van der Waals surface area contributed by atoms with Crippen molar-refractivity contribution in [1.29, 1.82) is 0 Å². The van der Waals surface area contributed by atoms with Crippen LogP contribution in [0.5, 0.6) is 0 Å². The largest absolute Gasteiger partial charge is 0.388 e. The molecule has 54 valence electrons. The van der Waals surface area contributed by atoms with Crippen molar-refractivity contribution in [3.05, 3.63) is 0 Å². The first-order chi connectivity index (χ1) is 4.25. The topological polar surface area (TPSA) is 49.7 Å². The van der Waals surface area contributed by atoms with Crippen LogP contribution in [-0.2, 0) is 4.74 Å². The van der Waals surface area contributed by atoms with Gasteiger partial charge in [0.05, 0.1) is 12.7 Å². The van der Waals surface area contributed by atoms with Gasteiger partial charge in [-0.1, -0.05) is 22.6 Å². The van der Waals surface area contributed by atoms with Crippen molar-refractivity contribution in [3.63, 3.8) is 0 Å². The van der Waals surface area contributed by atoms with Crippen molar-refractivity contribution in [3.8, 4) is 0 Å². The van der Waals surface area contributed by atoms with E-state index in [1.165, 1.54) is 0 Å². The van der Waals surface area contributed by atoms with Crippen LogP contribution in [-0.4, -0.2) is 39.6 Å². The minimum absolute atomic E-state index is 0.166. The fourth-order valence-corrected chi connectivity index (χ4v) is 1.58. The first-order valence-electron chi connectivity index (χ1n) is 2.79. The number of halogens is 1. The molecular weight excluding hydrogens is 235 g/mol. The number of hydrogen-bond donors (Lipinski definition) is 2. The molecule has 1 rings (SSSR count). The zero-order chi connectivity index (χ0) is 6.85. The highest BCUT2D eigenvalue weighted by atomic mass is 127. The Balaban J connectivity index is 2.41. The molecule has 0 aromatic rings. The first-order valence-corrected chi connectivity index (χ1v) is 4.32. The Bertz CT molecular complexity index is 98.2. The predicted octanol–water partition coefficient (Wildman–Crippen LogP) is -0.458. The molecule has 1 aliphatic heterocycles. The molecule has 0 amide bonds. The van der Waals surface area contributed by atoms with Gasteiger partial charge in [-0.3, -0.25) is 0 Å². The lowest BCUT2D eigenvalue weighted by atomic mass is 10.2. The summed E-state index contributed by atoms with van der Waals surface area (Å²) in [7, 11) is 0. The maximum Gasteiger partial charge on any atom is 0.109 e. The van der Waals surface area contributed by atoms with Crippen molar-refractivity contribution in [2.24, 2.45) is 0 Å². The van der Waals surface area contributed by atoms with Gasteiger partial charge in [0.2, 0.25) is 0 Å². The van der Waals surface area contributed by atoms with E-state index in [2.05, 4.69) is 22.6 Å². The summed E-state index contributed by atoms with van der Waals surface area (Å²) in [6.07, 6.45) is -1.52. The van der Waals surface area contributed by atoms with Gasteiger partial charge in [-0.2, -0.15) is 0 Å². The van der Waals surface area contributed by atoms with Crippen LogP contribution in [0, 0.1) is 0 Å². The molecule has 1 heterocycles. The summed E-state index contributed by atoms with van der Waals surface area (Å²) in [5, 5.41) is 18.0. The molecule has 0 radical (unpaired) electrons. The second kappa shape index (κ2) is 3.14. The molecule has 1 fully saturated rings. The summed E-state index contributed by atoms with van der Waals surface area (Å²) < 4.78 is 5.75. The smallest absolute Gasteiger partial charge is 0.109 e. The van der Waals surface area contributed by atoms with Crippen LogP contribution < -0.4 is 0 Å². The second-order valence-electron chi connectivity index (χ2n) is 2.08. The van der Waals surface area contributed by atoms with Gasteiger partial charge in [0.15, 0.2) is 0 Å². The quantitative estimate of drug-likeness (QED) is 0.485. The lowest BCUT2D eigenvalue weighted by Gasteiger charge is -2.10. The average molecular weight is 244 g/mol. The number of alkyl halides is 1. The van der Waals surface area contributed by atoms with Gasteiger partial charge in [-0.05, 0) is 0 Å². The van der Waals surface area contributed by atoms with E-state index in [1.54, 1.807) is 0 Å². The number of rotatable bonds is 1. The van der Waals surface area contributed by atoms with E-state index in [1.807, 2.05) is 0 Å². The Morgan fingerprint density at radius 1 is 1.56 bits per heavy atom. The van der Waals surface area contributed by atoms with E-state index in [4.69, 9.17) is 14.9 Å². The van der Waals surface area contributed by atoms with E-state index in [9.17, 15) is 0 Å². The summed E-state index contributed by atoms with van der Waals surface area (Å²) in [5.41, 5.74) is 0. The molecular formula is C5H9IO3. The molecule has 0 spiro atoms. The third kappa shape index (κ3) is 1.54. The highest BCUT2D eigenvalue weighted by Crippen LogP contribution is 2.15. The molecule has 3 atom stereocenters. The van der Waals surface area contributed by atoms with E-state index in [0.717, 1.165) is 4.43 Å². The van der Waals surface area contributed by atoms with Gasteiger partial charge in [-0.25, -0.2) is 0 Å². The molecule has 4 heteroatoms. The molecule has 0 aromatic heterocycles. The maximum atomic E-state index is 9.08. The molecule has 1 saturated heterocycles. The molecule has 0 aromatic carbocycles. The Hall–Kier alpha value is 0.610. The van der Waals surface area contributed by atoms with E-state index < -0.39 is 12.2 Å². The van der Waals surface area contributed by atoms with Crippen molar-refractivity contribution < 1.29 is 14.9 Å². The van der Waals surface area contributed by atoms with E-state index >= 15 is 0 Å². The monoisotopic (exact) mass is 244 g/mol. The number of aliphatic hydroxyl groups is 2. The Morgan fingerprint density at radius 3 is 2.44 bits per heavy atom. The minimum Gasteiger partial charge on any atom is -0.388 e. The van der Waals surface area contributed by atoms with Gasteiger partial charge in [0.25, 0.3) is 0 Å². The third-order valence-corrected chi connectivity index (χ3v) is 2.28. The van der Waals surface area contributed by atoms with Gasteiger partial charge in [0, 0.05) is 4.43 Å². The van der Waals surface area contributed by atoms with Crippen LogP contribution in [0.4, 0.5) is 0 Å². The van der Waals surface area contributed by atoms with Crippen LogP contribution in [0.1, 0.15) is 0 Å². The van der Waals surface area contributed by atoms with Crippen LogP contribution in [0.15, 0.2) is 0 Å². The second-order valence-corrected chi connectivity index (χ2v) is 2.96. The van der Waals surface area contributed by atoms with Crippen LogP contribution in [0.2, 0.25) is 0 Å². The average Bonchev–Trinajstić information content (AvgIpc) is 2.15. The summed E-state index contributed by atoms with van der Waals surface area (Å²) in [4.78, 5) is 0. The fourth-order valence-electron chi connectivity index (χ4n) is 0.803. The number of ether oxygens (including phenoxy) is 1. The van der Waals surface area contributed by atoms with Crippen LogP contribution in [0.3, 0.4) is 0 Å². The van der Waals surface area contributed by atoms with Crippen molar-refractivity contribution in [1.82, 2.24) is 0 Å². The SMILES string of the molecule is OC1[C@H](O)CO[C@@H]1CI. The number of hydrogen-bond acceptors (Lipinski definition) is 3. The van der Waals surface area contributed by atoms with Crippen LogP contribution >= 0.6 is 22.6 Å². The lowest BCUT2D eigenvalue weighted by Crippen LogP contribution is -2.30. The first kappa shape index (κ1) is 7.71. The Kier molecular flexibility index (Phi) is 2.69. The molecule has 0 aliphatic carbocycles. The summed E-state index contributed by atoms with van der Waals surface area (Å²) in [5.74, 6) is 0. The summed E-state index contributed by atoms with van der Waals surface area (Å²) >= 11 is 2.12. The van der Waals surface area contributed by atoms with E-state index in [0.29, 0.717) is 0 Å². The maximum absolute atomic E-state index is 9.08. The molecule has 3 nitrogen and oxygen atoms in total. The van der Waals surface area contributed by atoms with Crippen molar-refractivity contribution >= 4 is 22.6 Å². The van der Waals surface area contributed by atoms with Gasteiger partial charge in [0.1, 0.15) is 12.2 Å². The third-order valence-electron chi connectivity index (χ3n) is 1.41. The molecule has 0 saturated carbocycles. The lowest BCUT2D eigenvalue weighted by molar-refractivity contribution is 0.0348. The zero-order valence-corrected chi connectivity index (χ0v) is 6.98. The Labute approximate surface area is 67.2 Å². The molecule has 1 aliphatic rings. The highest BCUT2D eigenvalue weighted by molar-refractivity contribution is 14.1. The predicted molar refractivity (Wildman–Crippen MR) is 40.6 cm³/mol. The standard InChI is InChI=1S/C5H9IO3/c6-1-4-5(8)3(7)2-9-4/h3-5,7-8H,1-2H2/t3-,4-,5?/m1/s1. The molecule has 0 bridgehead atoms. The Morgan fingerprint density at radius 2 is 2.22 bits per heavy atom. The molecule has 9 heavy (non-hydrogen) atoms. The van der Waals surface area contributed by atoms with Gasteiger partial charge >= 0.3 is 0 Å². The highest BCUT2D eigenvalue weighted by Gasteiger charge is 2.33. The molecule has 2 N–H and O–H groups in total. The van der Waals surface area contributed by atoms with Crippen LogP contribution in [0.25, 0.3) is 0 Å². The molecule has 1 unspecified atom stereocenters. The summed E-state index contributed by atoms with van der Waals surface area (Å²) in [6.45, 7) is 0.273. The van der Waals surface area contributed by atoms with Crippen molar-refractivity contribution in [2.75, 3.05) is 11.0 Å². The number of aliphatic hydroxyl groups excluding tert-OH is 2. The van der Waals surface area contributed by atoms with Crippen molar-refractivity contribution in [2.45, 2.75) is 18.3 Å². The summed E-state index contributed by atoms with van der Waals surface area (Å²) in [6, 6.07) is 0. The van der Waals surface area contributed by atoms with E-state index in [-0.39, 0.29) is 12.7 Å². The normalized spacial score (nSPS) is 43.7. The fraction of sp³-hybridized carbons (Fsp3) is 1.00.